The summed E-state index contributed by atoms with van der Waals surface area (Å²) in [5.74, 6) is -3.01. The number of carbonyl (C=O) groups excluding carboxylic acids is 2. The Morgan fingerprint density at radius 2 is 2.08 bits per heavy atom. The number of ether oxygens (including phenoxy) is 1. The molecule has 2 saturated heterocycles. The fourth-order valence-corrected chi connectivity index (χ4v) is 3.72. The molecule has 2 aromatic heterocycles. The van der Waals surface area contributed by atoms with Crippen molar-refractivity contribution in [3.05, 3.63) is 30.1 Å². The number of amides is 1. The monoisotopic (exact) mass is 337 g/mol. The molecule has 2 N–H and O–H groups in total. The van der Waals surface area contributed by atoms with Crippen molar-refractivity contribution >= 4 is 22.9 Å². The normalized spacial score (nSPS) is 27.8. The van der Waals surface area contributed by atoms with Gasteiger partial charge in [-0.15, -0.1) is 0 Å². The summed E-state index contributed by atoms with van der Waals surface area (Å²) in [6.07, 6.45) is 2.41. The van der Waals surface area contributed by atoms with Crippen LogP contribution in [0.1, 0.15) is 18.5 Å². The van der Waals surface area contributed by atoms with Crippen LogP contribution in [-0.4, -0.2) is 34.1 Å². The van der Waals surface area contributed by atoms with Crippen molar-refractivity contribution in [3.8, 4) is 0 Å². The van der Waals surface area contributed by atoms with Crippen LogP contribution in [0, 0.1) is 11.8 Å². The molecule has 2 bridgehead atoms. The fraction of sp³-hybridized carbons (Fsp3) is 0.438. The van der Waals surface area contributed by atoms with Gasteiger partial charge in [-0.2, -0.15) is 0 Å². The first-order valence-electron chi connectivity index (χ1n) is 7.70. The Hall–Kier alpha value is -1.41. The molecule has 4 rings (SSSR count). The van der Waals surface area contributed by atoms with Gasteiger partial charge in [0.25, 0.3) is 0 Å². The fourth-order valence-electron chi connectivity index (χ4n) is 3.72. The minimum Gasteiger partial charge on any atom is -0.550 e. The smallest absolute Gasteiger partial charge is 0.550 e. The Bertz CT molecular complexity index is 745. The average Bonchev–Trinajstić information content (AvgIpc) is 3.24. The molecule has 4 heterocycles. The molecular formula is C16H16N3NaO4. The van der Waals surface area contributed by atoms with Crippen molar-refractivity contribution in [1.29, 1.82) is 0 Å². The minimum atomic E-state index is -1.20. The minimum absolute atomic E-state index is 0. The van der Waals surface area contributed by atoms with Crippen LogP contribution in [0.2, 0.25) is 0 Å². The predicted octanol–water partition coefficient (Wildman–Crippen LogP) is -3.27. The maximum atomic E-state index is 12.4. The molecule has 1 amide bonds. The van der Waals surface area contributed by atoms with Gasteiger partial charge in [0.1, 0.15) is 0 Å². The van der Waals surface area contributed by atoms with E-state index in [1.165, 1.54) is 0 Å². The van der Waals surface area contributed by atoms with E-state index in [0.29, 0.717) is 13.0 Å². The van der Waals surface area contributed by atoms with E-state index in [9.17, 15) is 14.7 Å². The second-order valence-corrected chi connectivity index (χ2v) is 6.11. The maximum absolute atomic E-state index is 12.4. The third-order valence-electron chi connectivity index (χ3n) is 4.75. The van der Waals surface area contributed by atoms with E-state index < -0.39 is 23.9 Å². The molecule has 120 valence electrons. The first-order valence-corrected chi connectivity index (χ1v) is 7.70. The standard InChI is InChI=1S/C16H17N3O4.Na/c20-15(13-11-3-4-12(23-11)14(13)16(21)22)18-7-8-6-10-9(19-8)2-1-5-17-10;/h1-2,5-6,11-14,19H,3-4,7H2,(H,18,20)(H,21,22);/q;+1/p-1/t11-,12+,13-,14+;/m1./s1. The van der Waals surface area contributed by atoms with Gasteiger partial charge in [0.15, 0.2) is 0 Å². The first-order chi connectivity index (χ1) is 11.1. The molecule has 8 heteroatoms. The van der Waals surface area contributed by atoms with E-state index in [4.69, 9.17) is 4.74 Å². The number of aromatic nitrogens is 2. The molecular weight excluding hydrogens is 321 g/mol. The number of H-pyrrole nitrogens is 1. The number of pyridine rings is 1. The number of rotatable bonds is 4. The molecule has 0 aliphatic carbocycles. The molecule has 2 aromatic rings. The zero-order valence-corrected chi connectivity index (χ0v) is 15.3. The van der Waals surface area contributed by atoms with Crippen LogP contribution in [0.15, 0.2) is 24.4 Å². The Morgan fingerprint density at radius 1 is 1.33 bits per heavy atom. The third kappa shape index (κ3) is 2.97. The van der Waals surface area contributed by atoms with Gasteiger partial charge in [0, 0.05) is 23.8 Å². The molecule has 0 radical (unpaired) electrons. The SMILES string of the molecule is O=C([O-])[C@@H]1[C@H](C(=O)NCc2cc3ncccc3[nH]2)[C@H]2CC[C@@H]1O2.[Na+]. The molecule has 0 unspecified atom stereocenters. The number of carbonyl (C=O) groups is 2. The van der Waals surface area contributed by atoms with Crippen LogP contribution in [0.3, 0.4) is 0 Å². The van der Waals surface area contributed by atoms with Gasteiger partial charge in [-0.05, 0) is 31.0 Å². The summed E-state index contributed by atoms with van der Waals surface area (Å²) in [7, 11) is 0. The summed E-state index contributed by atoms with van der Waals surface area (Å²) >= 11 is 0. The van der Waals surface area contributed by atoms with Gasteiger partial charge >= 0.3 is 29.6 Å². The summed E-state index contributed by atoms with van der Waals surface area (Å²) in [6, 6.07) is 5.60. The van der Waals surface area contributed by atoms with E-state index >= 15 is 0 Å². The van der Waals surface area contributed by atoms with Crippen molar-refractivity contribution in [2.75, 3.05) is 0 Å². The van der Waals surface area contributed by atoms with Gasteiger partial charge in [0.2, 0.25) is 5.91 Å². The molecule has 2 fully saturated rings. The van der Waals surface area contributed by atoms with Crippen molar-refractivity contribution in [1.82, 2.24) is 15.3 Å². The predicted molar refractivity (Wildman–Crippen MR) is 77.8 cm³/mol. The molecule has 24 heavy (non-hydrogen) atoms. The van der Waals surface area contributed by atoms with E-state index in [-0.39, 0.29) is 41.6 Å². The van der Waals surface area contributed by atoms with Gasteiger partial charge in [-0.25, -0.2) is 0 Å². The molecule has 0 saturated carbocycles. The second-order valence-electron chi connectivity index (χ2n) is 6.11. The van der Waals surface area contributed by atoms with Crippen molar-refractivity contribution in [2.24, 2.45) is 11.8 Å². The number of fused-ring (bicyclic) bond motifs is 3. The Balaban J connectivity index is 0.00000169. The van der Waals surface area contributed by atoms with Crippen LogP contribution in [0.25, 0.3) is 11.0 Å². The first kappa shape index (κ1) is 17.4. The van der Waals surface area contributed by atoms with E-state index in [2.05, 4.69) is 15.3 Å². The van der Waals surface area contributed by atoms with Gasteiger partial charge in [-0.3, -0.25) is 9.78 Å². The number of carboxylic acid groups (broad SMARTS) is 1. The van der Waals surface area contributed by atoms with Crippen LogP contribution >= 0.6 is 0 Å². The molecule has 4 atom stereocenters. The molecule has 7 nitrogen and oxygen atoms in total. The zero-order chi connectivity index (χ0) is 16.0. The quantitative estimate of drug-likeness (QED) is 0.569. The van der Waals surface area contributed by atoms with Crippen molar-refractivity contribution in [2.45, 2.75) is 31.6 Å². The summed E-state index contributed by atoms with van der Waals surface area (Å²) in [5, 5.41) is 14.1. The summed E-state index contributed by atoms with van der Waals surface area (Å²) < 4.78 is 5.58. The summed E-state index contributed by atoms with van der Waals surface area (Å²) in [6.45, 7) is 0.294. The molecule has 0 spiro atoms. The Kier molecular flexibility index (Phi) is 4.96. The Morgan fingerprint density at radius 3 is 2.79 bits per heavy atom. The largest absolute Gasteiger partial charge is 1.00 e. The Labute approximate surface area is 160 Å². The van der Waals surface area contributed by atoms with Gasteiger partial charge in [-0.1, -0.05) is 0 Å². The number of hydrogen-bond acceptors (Lipinski definition) is 5. The third-order valence-corrected chi connectivity index (χ3v) is 4.75. The van der Waals surface area contributed by atoms with Crippen LogP contribution < -0.4 is 40.0 Å². The van der Waals surface area contributed by atoms with Crippen LogP contribution in [0.4, 0.5) is 0 Å². The number of aliphatic carboxylic acids is 1. The molecule has 0 aromatic carbocycles. The van der Waals surface area contributed by atoms with E-state index in [0.717, 1.165) is 23.1 Å². The van der Waals surface area contributed by atoms with Crippen LogP contribution in [0.5, 0.6) is 0 Å². The van der Waals surface area contributed by atoms with Gasteiger partial charge in [0.05, 0.1) is 35.7 Å². The van der Waals surface area contributed by atoms with Crippen molar-refractivity contribution < 1.29 is 49.0 Å². The van der Waals surface area contributed by atoms with E-state index in [1.807, 2.05) is 18.2 Å². The number of nitrogens with zero attached hydrogens (tertiary/aromatic N) is 1. The molecule has 2 aliphatic heterocycles. The number of nitrogens with one attached hydrogen (secondary N) is 2. The topological polar surface area (TPSA) is 107 Å². The van der Waals surface area contributed by atoms with Crippen molar-refractivity contribution in [3.63, 3.8) is 0 Å². The zero-order valence-electron chi connectivity index (χ0n) is 13.3. The maximum Gasteiger partial charge on any atom is 1.00 e. The van der Waals surface area contributed by atoms with Crippen LogP contribution in [-0.2, 0) is 20.9 Å². The second kappa shape index (κ2) is 6.84. The number of aromatic amines is 1. The summed E-state index contributed by atoms with van der Waals surface area (Å²) in [4.78, 5) is 31.1. The molecule has 2 aliphatic rings. The number of hydrogen-bond donors (Lipinski definition) is 2. The average molecular weight is 337 g/mol. The van der Waals surface area contributed by atoms with E-state index in [1.54, 1.807) is 6.20 Å². The number of carboxylic acids is 1. The van der Waals surface area contributed by atoms with Gasteiger partial charge < -0.3 is 24.9 Å². The summed E-state index contributed by atoms with van der Waals surface area (Å²) in [5.41, 5.74) is 2.54.